The Hall–Kier alpha value is -1.20. The van der Waals surface area contributed by atoms with Crippen molar-refractivity contribution in [1.29, 1.82) is 0 Å². The van der Waals surface area contributed by atoms with E-state index < -0.39 is 8.32 Å². The number of carbonyl (C=O) groups is 2. The highest BCUT2D eigenvalue weighted by Crippen LogP contribution is 2.46. The molecular weight excluding hydrogens is 416 g/mol. The molecule has 2 aliphatic carbocycles. The standard InChI is InChI=1S/C27H46O4Si/c1-20(2)30-25(29)18-14-9-8-13-17-22-23(28)19-24(31-32(6,7)27(3,4)5)26(22)21-15-11-10-12-16-21/h8,13,15,20,22,24,26H,9-12,14,16-19H2,1-7H3/b13-8-/t22-,24?,26+/m0/s1. The topological polar surface area (TPSA) is 52.6 Å². The predicted molar refractivity (Wildman–Crippen MR) is 134 cm³/mol. The van der Waals surface area contributed by atoms with Gasteiger partial charge in [-0.25, -0.2) is 0 Å². The fourth-order valence-electron chi connectivity index (χ4n) is 4.59. The summed E-state index contributed by atoms with van der Waals surface area (Å²) in [6, 6.07) is 0. The largest absolute Gasteiger partial charge is 0.463 e. The minimum absolute atomic E-state index is 0.0243. The Kier molecular flexibility index (Phi) is 9.96. The van der Waals surface area contributed by atoms with Crippen LogP contribution >= 0.6 is 0 Å². The third-order valence-corrected chi connectivity index (χ3v) is 11.8. The Morgan fingerprint density at radius 3 is 2.53 bits per heavy atom. The molecule has 0 amide bonds. The Morgan fingerprint density at radius 2 is 1.94 bits per heavy atom. The van der Waals surface area contributed by atoms with E-state index in [2.05, 4.69) is 52.1 Å². The first-order valence-electron chi connectivity index (χ1n) is 12.7. The zero-order chi connectivity index (χ0) is 23.9. The van der Waals surface area contributed by atoms with E-state index in [0.717, 1.165) is 32.1 Å². The second-order valence-electron chi connectivity index (χ2n) is 11.4. The Labute approximate surface area is 197 Å². The summed E-state index contributed by atoms with van der Waals surface area (Å²) in [4.78, 5) is 24.8. The van der Waals surface area contributed by atoms with Gasteiger partial charge in [0, 0.05) is 24.7 Å². The first-order valence-corrected chi connectivity index (χ1v) is 15.6. The molecule has 1 saturated carbocycles. The maximum Gasteiger partial charge on any atom is 0.306 e. The molecule has 0 bridgehead atoms. The molecule has 5 heteroatoms. The lowest BCUT2D eigenvalue weighted by molar-refractivity contribution is -0.147. The number of unbranched alkanes of at least 4 members (excludes halogenated alkanes) is 1. The highest BCUT2D eigenvalue weighted by atomic mass is 28.4. The molecule has 0 heterocycles. The van der Waals surface area contributed by atoms with Crippen LogP contribution in [-0.4, -0.2) is 32.3 Å². The molecule has 32 heavy (non-hydrogen) atoms. The Balaban J connectivity index is 2.02. The predicted octanol–water partition coefficient (Wildman–Crippen LogP) is 7.15. The summed E-state index contributed by atoms with van der Waals surface area (Å²) < 4.78 is 12.0. The lowest BCUT2D eigenvalue weighted by Crippen LogP contribution is -2.45. The van der Waals surface area contributed by atoms with E-state index in [1.807, 2.05) is 13.8 Å². The monoisotopic (exact) mass is 462 g/mol. The Morgan fingerprint density at radius 1 is 1.22 bits per heavy atom. The van der Waals surface area contributed by atoms with E-state index in [9.17, 15) is 9.59 Å². The summed E-state index contributed by atoms with van der Waals surface area (Å²) in [6.07, 6.45) is 14.7. The van der Waals surface area contributed by atoms with Crippen molar-refractivity contribution >= 4 is 20.1 Å². The average Bonchev–Trinajstić information content (AvgIpc) is 2.98. The third kappa shape index (κ3) is 7.69. The van der Waals surface area contributed by atoms with Gasteiger partial charge < -0.3 is 9.16 Å². The van der Waals surface area contributed by atoms with Crippen molar-refractivity contribution in [3.05, 3.63) is 23.8 Å². The van der Waals surface area contributed by atoms with E-state index in [-0.39, 0.29) is 35.1 Å². The lowest BCUT2D eigenvalue weighted by atomic mass is 9.80. The number of hydrogen-bond acceptors (Lipinski definition) is 4. The number of rotatable bonds is 10. The molecule has 1 unspecified atom stereocenters. The minimum Gasteiger partial charge on any atom is -0.463 e. The van der Waals surface area contributed by atoms with E-state index in [1.54, 1.807) is 0 Å². The summed E-state index contributed by atoms with van der Waals surface area (Å²) in [6.45, 7) is 15.1. The molecule has 0 N–H and O–H groups in total. The maximum absolute atomic E-state index is 13.1. The van der Waals surface area contributed by atoms with Crippen LogP contribution in [0, 0.1) is 11.8 Å². The highest BCUT2D eigenvalue weighted by Gasteiger charge is 2.48. The zero-order valence-electron chi connectivity index (χ0n) is 21.5. The van der Waals surface area contributed by atoms with Crippen molar-refractivity contribution in [2.45, 2.75) is 123 Å². The number of ether oxygens (including phenoxy) is 1. The number of ketones is 1. The molecule has 0 aromatic carbocycles. The molecule has 3 atom stereocenters. The maximum atomic E-state index is 13.1. The van der Waals surface area contributed by atoms with Gasteiger partial charge in [0.2, 0.25) is 0 Å². The van der Waals surface area contributed by atoms with Gasteiger partial charge in [0.25, 0.3) is 0 Å². The van der Waals surface area contributed by atoms with E-state index in [0.29, 0.717) is 18.6 Å². The van der Waals surface area contributed by atoms with E-state index in [1.165, 1.54) is 18.4 Å². The van der Waals surface area contributed by atoms with Gasteiger partial charge in [0.15, 0.2) is 8.32 Å². The summed E-state index contributed by atoms with van der Waals surface area (Å²) in [5, 5.41) is 0.135. The number of allylic oxidation sites excluding steroid dienone is 3. The SMILES string of the molecule is CC(C)OC(=O)CCC/C=C\C[C@H]1C(=O)CC(O[Si](C)(C)C(C)(C)C)[C@@H]1C1=CCCCC1. The van der Waals surface area contributed by atoms with Crippen LogP contribution in [0.3, 0.4) is 0 Å². The lowest BCUT2D eigenvalue weighted by Gasteiger charge is -2.40. The molecule has 0 aromatic rings. The molecule has 0 aromatic heterocycles. The first-order chi connectivity index (χ1) is 14.9. The molecule has 0 aliphatic heterocycles. The molecular formula is C27H46O4Si. The average molecular weight is 463 g/mol. The van der Waals surface area contributed by atoms with Crippen molar-refractivity contribution in [3.8, 4) is 0 Å². The van der Waals surface area contributed by atoms with Gasteiger partial charge in [-0.3, -0.25) is 9.59 Å². The van der Waals surface area contributed by atoms with Crippen molar-refractivity contribution in [2.24, 2.45) is 11.8 Å². The number of carbonyl (C=O) groups excluding carboxylic acids is 2. The number of esters is 1. The molecule has 182 valence electrons. The van der Waals surface area contributed by atoms with Gasteiger partial charge in [0.05, 0.1) is 12.2 Å². The molecule has 0 radical (unpaired) electrons. The highest BCUT2D eigenvalue weighted by molar-refractivity contribution is 6.74. The second-order valence-corrected chi connectivity index (χ2v) is 16.1. The molecule has 4 nitrogen and oxygen atoms in total. The van der Waals surface area contributed by atoms with Gasteiger partial charge in [-0.2, -0.15) is 0 Å². The van der Waals surface area contributed by atoms with Crippen molar-refractivity contribution in [3.63, 3.8) is 0 Å². The minimum atomic E-state index is -1.95. The number of hydrogen-bond donors (Lipinski definition) is 0. The van der Waals surface area contributed by atoms with Crippen LogP contribution < -0.4 is 0 Å². The van der Waals surface area contributed by atoms with Crippen LogP contribution in [0.5, 0.6) is 0 Å². The zero-order valence-corrected chi connectivity index (χ0v) is 22.5. The summed E-state index contributed by atoms with van der Waals surface area (Å²) >= 11 is 0. The van der Waals surface area contributed by atoms with Crippen LogP contribution in [0.4, 0.5) is 0 Å². The van der Waals surface area contributed by atoms with Gasteiger partial charge >= 0.3 is 5.97 Å². The van der Waals surface area contributed by atoms with E-state index in [4.69, 9.17) is 9.16 Å². The summed E-state index contributed by atoms with van der Waals surface area (Å²) in [5.74, 6) is 0.475. The molecule has 2 aliphatic rings. The molecule has 1 fully saturated rings. The van der Waals surface area contributed by atoms with Crippen LogP contribution in [0.1, 0.15) is 92.4 Å². The van der Waals surface area contributed by atoms with Crippen LogP contribution in [0.25, 0.3) is 0 Å². The second kappa shape index (κ2) is 11.8. The van der Waals surface area contributed by atoms with Gasteiger partial charge in [-0.1, -0.05) is 44.6 Å². The van der Waals surface area contributed by atoms with E-state index >= 15 is 0 Å². The number of Topliss-reactive ketones (excluding diaryl/α,β-unsaturated/α-hetero) is 1. The first kappa shape index (κ1) is 27.0. The molecule has 0 spiro atoms. The van der Waals surface area contributed by atoms with Gasteiger partial charge in [0.1, 0.15) is 5.78 Å². The third-order valence-electron chi connectivity index (χ3n) is 7.33. The van der Waals surface area contributed by atoms with Crippen molar-refractivity contribution < 1.29 is 18.8 Å². The van der Waals surface area contributed by atoms with Crippen LogP contribution in [-0.2, 0) is 18.8 Å². The Bertz CT molecular complexity index is 699. The van der Waals surface area contributed by atoms with Crippen molar-refractivity contribution in [2.75, 3.05) is 0 Å². The smallest absolute Gasteiger partial charge is 0.306 e. The van der Waals surface area contributed by atoms with Crippen LogP contribution in [0.2, 0.25) is 18.1 Å². The molecule has 2 rings (SSSR count). The quantitative estimate of drug-likeness (QED) is 0.150. The fourth-order valence-corrected chi connectivity index (χ4v) is 5.93. The van der Waals surface area contributed by atoms with Gasteiger partial charge in [-0.15, -0.1) is 0 Å². The summed E-state index contributed by atoms with van der Waals surface area (Å²) in [5.41, 5.74) is 1.46. The molecule has 0 saturated heterocycles. The normalized spacial score (nSPS) is 24.9. The van der Waals surface area contributed by atoms with Crippen LogP contribution in [0.15, 0.2) is 23.8 Å². The van der Waals surface area contributed by atoms with Crippen molar-refractivity contribution in [1.82, 2.24) is 0 Å². The van der Waals surface area contributed by atoms with Gasteiger partial charge in [-0.05, 0) is 76.9 Å². The fraction of sp³-hybridized carbons (Fsp3) is 0.778. The summed E-state index contributed by atoms with van der Waals surface area (Å²) in [7, 11) is -1.95.